The number of piperidine rings is 1. The first-order valence-electron chi connectivity index (χ1n) is 6.67. The molecule has 1 amide bonds. The Morgan fingerprint density at radius 1 is 1.56 bits per heavy atom. The average molecular weight is 247 g/mol. The van der Waals surface area contributed by atoms with E-state index in [4.69, 9.17) is 0 Å². The molecule has 0 aromatic carbocycles. The summed E-state index contributed by atoms with van der Waals surface area (Å²) in [5.74, 6) is 1.16. The lowest BCUT2D eigenvalue weighted by atomic mass is 10.1. The summed E-state index contributed by atoms with van der Waals surface area (Å²) in [4.78, 5) is 18.2. The van der Waals surface area contributed by atoms with Crippen molar-refractivity contribution in [3.05, 3.63) is 23.9 Å². The molecule has 4 heteroatoms. The van der Waals surface area contributed by atoms with Crippen LogP contribution in [0, 0.1) is 6.92 Å². The van der Waals surface area contributed by atoms with Gasteiger partial charge in [0.05, 0.1) is 0 Å². The van der Waals surface area contributed by atoms with Crippen LogP contribution >= 0.6 is 0 Å². The molecule has 1 atom stereocenters. The van der Waals surface area contributed by atoms with Crippen LogP contribution < -0.4 is 10.2 Å². The molecule has 0 unspecified atom stereocenters. The predicted octanol–water partition coefficient (Wildman–Crippen LogP) is 1.89. The quantitative estimate of drug-likeness (QED) is 0.887. The van der Waals surface area contributed by atoms with Gasteiger partial charge in [-0.2, -0.15) is 0 Å². The fourth-order valence-electron chi connectivity index (χ4n) is 2.34. The predicted molar refractivity (Wildman–Crippen MR) is 72.6 cm³/mol. The van der Waals surface area contributed by atoms with Gasteiger partial charge in [0.2, 0.25) is 5.91 Å². The van der Waals surface area contributed by atoms with Gasteiger partial charge in [0.15, 0.2) is 0 Å². The van der Waals surface area contributed by atoms with Crippen LogP contribution in [-0.2, 0) is 4.79 Å². The molecule has 1 fully saturated rings. The summed E-state index contributed by atoms with van der Waals surface area (Å²) < 4.78 is 0. The van der Waals surface area contributed by atoms with Crippen LogP contribution in [0.25, 0.3) is 0 Å². The molecular formula is C14H21N3O. The zero-order valence-corrected chi connectivity index (χ0v) is 11.1. The van der Waals surface area contributed by atoms with Gasteiger partial charge in [0.25, 0.3) is 0 Å². The number of nitrogens with one attached hydrogen (secondary N) is 1. The number of hydrogen-bond acceptors (Lipinski definition) is 3. The van der Waals surface area contributed by atoms with Crippen LogP contribution in [0.5, 0.6) is 0 Å². The van der Waals surface area contributed by atoms with Gasteiger partial charge in [0, 0.05) is 31.2 Å². The molecule has 18 heavy (non-hydrogen) atoms. The van der Waals surface area contributed by atoms with E-state index in [1.165, 1.54) is 0 Å². The number of nitrogens with zero attached hydrogens (tertiary/aromatic N) is 2. The lowest BCUT2D eigenvalue weighted by Gasteiger charge is -2.34. The Bertz CT molecular complexity index is 419. The number of pyridine rings is 1. The van der Waals surface area contributed by atoms with Gasteiger partial charge in [-0.05, 0) is 31.9 Å². The molecule has 1 aliphatic rings. The molecule has 2 rings (SSSR count). The Labute approximate surface area is 108 Å². The SMILES string of the molecule is CCC(=O)N[C@@H]1CCCN(c2cccc(C)n2)C1. The number of hydrogen-bond donors (Lipinski definition) is 1. The summed E-state index contributed by atoms with van der Waals surface area (Å²) in [6.07, 6.45) is 2.72. The Balaban J connectivity index is 2.00. The molecule has 0 radical (unpaired) electrons. The first kappa shape index (κ1) is 12.9. The third-order valence-electron chi connectivity index (χ3n) is 3.31. The van der Waals surface area contributed by atoms with E-state index in [0.29, 0.717) is 6.42 Å². The third-order valence-corrected chi connectivity index (χ3v) is 3.31. The van der Waals surface area contributed by atoms with Crippen molar-refractivity contribution < 1.29 is 4.79 Å². The number of aryl methyl sites for hydroxylation is 1. The Morgan fingerprint density at radius 3 is 3.11 bits per heavy atom. The molecule has 0 spiro atoms. The van der Waals surface area contributed by atoms with Gasteiger partial charge < -0.3 is 10.2 Å². The Hall–Kier alpha value is -1.58. The Kier molecular flexibility index (Phi) is 4.18. The zero-order valence-electron chi connectivity index (χ0n) is 11.1. The first-order chi connectivity index (χ1) is 8.69. The van der Waals surface area contributed by atoms with E-state index in [-0.39, 0.29) is 11.9 Å². The average Bonchev–Trinajstić information content (AvgIpc) is 2.39. The molecule has 0 bridgehead atoms. The molecule has 1 aliphatic heterocycles. The smallest absolute Gasteiger partial charge is 0.219 e. The van der Waals surface area contributed by atoms with Crippen LogP contribution in [-0.4, -0.2) is 30.0 Å². The second-order valence-electron chi connectivity index (χ2n) is 4.84. The van der Waals surface area contributed by atoms with E-state index in [2.05, 4.69) is 15.2 Å². The van der Waals surface area contributed by atoms with Gasteiger partial charge in [0.1, 0.15) is 5.82 Å². The fourth-order valence-corrected chi connectivity index (χ4v) is 2.34. The summed E-state index contributed by atoms with van der Waals surface area (Å²) >= 11 is 0. The van der Waals surface area contributed by atoms with Crippen molar-refractivity contribution in [2.24, 2.45) is 0 Å². The van der Waals surface area contributed by atoms with E-state index >= 15 is 0 Å². The lowest BCUT2D eigenvalue weighted by molar-refractivity contribution is -0.121. The normalized spacial score (nSPS) is 19.7. The maximum Gasteiger partial charge on any atom is 0.219 e. The molecular weight excluding hydrogens is 226 g/mol. The van der Waals surface area contributed by atoms with Crippen molar-refractivity contribution in [2.75, 3.05) is 18.0 Å². The lowest BCUT2D eigenvalue weighted by Crippen LogP contribution is -2.47. The van der Waals surface area contributed by atoms with Crippen molar-refractivity contribution in [1.29, 1.82) is 0 Å². The molecule has 1 aromatic rings. The summed E-state index contributed by atoms with van der Waals surface area (Å²) in [5, 5.41) is 3.07. The topological polar surface area (TPSA) is 45.2 Å². The number of carbonyl (C=O) groups excluding carboxylic acids is 1. The number of rotatable bonds is 3. The van der Waals surface area contributed by atoms with E-state index in [1.807, 2.05) is 32.0 Å². The summed E-state index contributed by atoms with van der Waals surface area (Å²) in [5.41, 5.74) is 1.03. The van der Waals surface area contributed by atoms with E-state index in [0.717, 1.165) is 37.4 Å². The van der Waals surface area contributed by atoms with Crippen LogP contribution in [0.4, 0.5) is 5.82 Å². The summed E-state index contributed by atoms with van der Waals surface area (Å²) in [6.45, 7) is 5.78. The highest BCUT2D eigenvalue weighted by Gasteiger charge is 2.21. The van der Waals surface area contributed by atoms with Gasteiger partial charge >= 0.3 is 0 Å². The van der Waals surface area contributed by atoms with E-state index < -0.39 is 0 Å². The molecule has 1 aromatic heterocycles. The highest BCUT2D eigenvalue weighted by atomic mass is 16.1. The molecule has 0 saturated carbocycles. The summed E-state index contributed by atoms with van der Waals surface area (Å²) in [6, 6.07) is 6.33. The third kappa shape index (κ3) is 3.22. The van der Waals surface area contributed by atoms with Crippen LogP contribution in [0.1, 0.15) is 31.9 Å². The second-order valence-corrected chi connectivity index (χ2v) is 4.84. The molecule has 4 nitrogen and oxygen atoms in total. The van der Waals surface area contributed by atoms with Gasteiger partial charge in [-0.25, -0.2) is 4.98 Å². The molecule has 98 valence electrons. The largest absolute Gasteiger partial charge is 0.355 e. The van der Waals surface area contributed by atoms with Crippen molar-refractivity contribution in [1.82, 2.24) is 10.3 Å². The minimum absolute atomic E-state index is 0.138. The fraction of sp³-hybridized carbons (Fsp3) is 0.571. The molecule has 1 saturated heterocycles. The van der Waals surface area contributed by atoms with Crippen LogP contribution in [0.2, 0.25) is 0 Å². The van der Waals surface area contributed by atoms with Gasteiger partial charge in [-0.3, -0.25) is 4.79 Å². The second kappa shape index (κ2) is 5.85. The highest BCUT2D eigenvalue weighted by molar-refractivity contribution is 5.75. The summed E-state index contributed by atoms with van der Waals surface area (Å²) in [7, 11) is 0. The molecule has 0 aliphatic carbocycles. The molecule has 2 heterocycles. The first-order valence-corrected chi connectivity index (χ1v) is 6.67. The standard InChI is InChI=1S/C14H21N3O/c1-3-14(18)16-12-7-5-9-17(10-12)13-8-4-6-11(2)15-13/h4,6,8,12H,3,5,7,9-10H2,1-2H3,(H,16,18)/t12-/m1/s1. The number of carbonyl (C=O) groups is 1. The van der Waals surface area contributed by atoms with Crippen LogP contribution in [0.3, 0.4) is 0 Å². The zero-order chi connectivity index (χ0) is 13.0. The number of anilines is 1. The van der Waals surface area contributed by atoms with Crippen LogP contribution in [0.15, 0.2) is 18.2 Å². The van der Waals surface area contributed by atoms with Crippen molar-refractivity contribution in [3.8, 4) is 0 Å². The molecule has 1 N–H and O–H groups in total. The minimum atomic E-state index is 0.138. The number of aromatic nitrogens is 1. The van der Waals surface area contributed by atoms with E-state index in [9.17, 15) is 4.79 Å². The maximum absolute atomic E-state index is 11.4. The van der Waals surface area contributed by atoms with Crippen molar-refractivity contribution in [2.45, 2.75) is 39.2 Å². The monoisotopic (exact) mass is 247 g/mol. The van der Waals surface area contributed by atoms with Crippen molar-refractivity contribution in [3.63, 3.8) is 0 Å². The highest BCUT2D eigenvalue weighted by Crippen LogP contribution is 2.18. The van der Waals surface area contributed by atoms with Crippen molar-refractivity contribution >= 4 is 11.7 Å². The minimum Gasteiger partial charge on any atom is -0.355 e. The maximum atomic E-state index is 11.4. The number of amides is 1. The van der Waals surface area contributed by atoms with Gasteiger partial charge in [-0.15, -0.1) is 0 Å². The van der Waals surface area contributed by atoms with Gasteiger partial charge in [-0.1, -0.05) is 13.0 Å². The Morgan fingerprint density at radius 2 is 2.39 bits per heavy atom. The van der Waals surface area contributed by atoms with E-state index in [1.54, 1.807) is 0 Å².